The van der Waals surface area contributed by atoms with Gasteiger partial charge in [-0.1, -0.05) is 74.5 Å². The van der Waals surface area contributed by atoms with Gasteiger partial charge in [0.15, 0.2) is 0 Å². The van der Waals surface area contributed by atoms with Gasteiger partial charge in [-0.3, -0.25) is 4.98 Å². The smallest absolute Gasteiger partial charge is 0.0991 e. The third-order valence-electron chi connectivity index (χ3n) is 8.87. The molecule has 0 spiro atoms. The first-order valence-corrected chi connectivity index (χ1v) is 14.5. The van der Waals surface area contributed by atoms with Gasteiger partial charge in [0, 0.05) is 40.0 Å². The molecular weight excluding hydrogens is 524 g/mol. The quantitative estimate of drug-likeness (QED) is 0.219. The summed E-state index contributed by atoms with van der Waals surface area (Å²) in [5, 5.41) is 11.6. The Morgan fingerprint density at radius 1 is 0.628 bits per heavy atom. The van der Waals surface area contributed by atoms with E-state index in [1.54, 1.807) is 0 Å². The van der Waals surface area contributed by atoms with Crippen LogP contribution in [0.1, 0.15) is 30.5 Å². The highest BCUT2D eigenvalue weighted by Gasteiger charge is 2.36. The molecule has 3 heterocycles. The molecule has 204 valence electrons. The second-order valence-corrected chi connectivity index (χ2v) is 11.7. The van der Waals surface area contributed by atoms with Gasteiger partial charge >= 0.3 is 0 Å². The van der Waals surface area contributed by atoms with Crippen molar-refractivity contribution in [3.63, 3.8) is 0 Å². The molecule has 7 aromatic rings. The molecule has 1 aliphatic rings. The summed E-state index contributed by atoms with van der Waals surface area (Å²) in [6, 6.07) is 45.2. The van der Waals surface area contributed by atoms with Gasteiger partial charge < -0.3 is 9.47 Å². The molecule has 5 aromatic carbocycles. The fraction of sp³-hybridized carbons (Fsp3) is 0.0769. The van der Waals surface area contributed by atoms with Crippen molar-refractivity contribution >= 4 is 38.9 Å². The van der Waals surface area contributed by atoms with E-state index in [0.717, 1.165) is 44.3 Å². The molecular formula is C39H28N4. The number of pyridine rings is 1. The van der Waals surface area contributed by atoms with Crippen molar-refractivity contribution in [3.05, 3.63) is 150 Å². The van der Waals surface area contributed by atoms with Gasteiger partial charge in [0.1, 0.15) is 0 Å². The Labute approximate surface area is 250 Å². The number of para-hydroxylation sites is 2. The largest absolute Gasteiger partial charge is 0.310 e. The van der Waals surface area contributed by atoms with E-state index in [-0.39, 0.29) is 5.41 Å². The number of aromatic nitrogens is 2. The van der Waals surface area contributed by atoms with Crippen LogP contribution < -0.4 is 4.90 Å². The topological polar surface area (TPSA) is 44.9 Å². The van der Waals surface area contributed by atoms with E-state index in [1.807, 2.05) is 36.7 Å². The van der Waals surface area contributed by atoms with E-state index in [9.17, 15) is 5.26 Å². The summed E-state index contributed by atoms with van der Waals surface area (Å²) >= 11 is 0. The molecule has 0 atom stereocenters. The molecule has 0 radical (unpaired) electrons. The molecule has 0 fully saturated rings. The molecule has 2 aromatic heterocycles. The second kappa shape index (κ2) is 9.44. The molecule has 0 aliphatic carbocycles. The number of benzene rings is 5. The Hall–Kier alpha value is -5.66. The van der Waals surface area contributed by atoms with Gasteiger partial charge in [-0.2, -0.15) is 5.26 Å². The van der Waals surface area contributed by atoms with Crippen molar-refractivity contribution in [1.29, 1.82) is 5.26 Å². The fourth-order valence-electron chi connectivity index (χ4n) is 6.81. The Morgan fingerprint density at radius 3 is 1.95 bits per heavy atom. The number of nitriles is 1. The number of hydrogen-bond acceptors (Lipinski definition) is 3. The van der Waals surface area contributed by atoms with Gasteiger partial charge in [0.05, 0.1) is 34.0 Å². The zero-order valence-corrected chi connectivity index (χ0v) is 24.0. The summed E-state index contributed by atoms with van der Waals surface area (Å²) in [5.74, 6) is 0. The van der Waals surface area contributed by atoms with Crippen LogP contribution in [0.3, 0.4) is 0 Å². The molecule has 43 heavy (non-hydrogen) atoms. The zero-order valence-electron chi connectivity index (χ0n) is 24.0. The molecule has 0 N–H and O–H groups in total. The van der Waals surface area contributed by atoms with Gasteiger partial charge in [-0.25, -0.2) is 0 Å². The first-order chi connectivity index (χ1) is 21.0. The van der Waals surface area contributed by atoms with Crippen LogP contribution in [0, 0.1) is 11.3 Å². The number of anilines is 3. The average molecular weight is 553 g/mol. The third kappa shape index (κ3) is 3.79. The fourth-order valence-corrected chi connectivity index (χ4v) is 6.81. The predicted molar refractivity (Wildman–Crippen MR) is 176 cm³/mol. The second-order valence-electron chi connectivity index (χ2n) is 11.7. The van der Waals surface area contributed by atoms with Gasteiger partial charge in [-0.05, 0) is 82.9 Å². The van der Waals surface area contributed by atoms with E-state index in [2.05, 4.69) is 131 Å². The van der Waals surface area contributed by atoms with Crippen molar-refractivity contribution in [2.24, 2.45) is 0 Å². The van der Waals surface area contributed by atoms with Crippen LogP contribution in [-0.2, 0) is 5.41 Å². The summed E-state index contributed by atoms with van der Waals surface area (Å²) in [6.07, 6.45) is 3.71. The highest BCUT2D eigenvalue weighted by Crippen LogP contribution is 2.51. The maximum Gasteiger partial charge on any atom is 0.0991 e. The van der Waals surface area contributed by atoms with Crippen LogP contribution in [-0.4, -0.2) is 9.55 Å². The van der Waals surface area contributed by atoms with Gasteiger partial charge in [0.2, 0.25) is 0 Å². The zero-order chi connectivity index (χ0) is 29.1. The van der Waals surface area contributed by atoms with E-state index >= 15 is 0 Å². The minimum absolute atomic E-state index is 0.0958. The van der Waals surface area contributed by atoms with Crippen LogP contribution in [0.2, 0.25) is 0 Å². The molecule has 0 bridgehead atoms. The lowest BCUT2D eigenvalue weighted by atomic mass is 9.73. The highest BCUT2D eigenvalue weighted by molar-refractivity contribution is 6.09. The van der Waals surface area contributed by atoms with Crippen molar-refractivity contribution in [2.45, 2.75) is 19.3 Å². The first-order valence-electron chi connectivity index (χ1n) is 14.5. The van der Waals surface area contributed by atoms with Crippen molar-refractivity contribution in [1.82, 2.24) is 9.55 Å². The van der Waals surface area contributed by atoms with Gasteiger partial charge in [-0.15, -0.1) is 0 Å². The maximum atomic E-state index is 9.53. The molecule has 1 aliphatic heterocycles. The normalized spacial score (nSPS) is 13.5. The predicted octanol–water partition coefficient (Wildman–Crippen LogP) is 9.83. The molecule has 0 unspecified atom stereocenters. The summed E-state index contributed by atoms with van der Waals surface area (Å²) in [6.45, 7) is 4.63. The van der Waals surface area contributed by atoms with Crippen LogP contribution in [0.15, 0.2) is 134 Å². The minimum Gasteiger partial charge on any atom is -0.310 e. The lowest BCUT2D eigenvalue weighted by Crippen LogP contribution is -2.30. The van der Waals surface area contributed by atoms with Crippen LogP contribution in [0.5, 0.6) is 0 Å². The van der Waals surface area contributed by atoms with Crippen molar-refractivity contribution in [2.75, 3.05) is 4.90 Å². The summed E-state index contributed by atoms with van der Waals surface area (Å²) < 4.78 is 2.26. The number of fused-ring (bicyclic) bond motifs is 5. The van der Waals surface area contributed by atoms with Crippen LogP contribution >= 0.6 is 0 Å². The van der Waals surface area contributed by atoms with E-state index in [1.165, 1.54) is 22.5 Å². The number of nitrogens with zero attached hydrogens (tertiary/aromatic N) is 4. The molecule has 8 rings (SSSR count). The molecule has 0 saturated carbocycles. The lowest BCUT2D eigenvalue weighted by molar-refractivity contribution is 0.632. The Bertz CT molecular complexity index is 2200. The Kier molecular flexibility index (Phi) is 5.51. The third-order valence-corrected chi connectivity index (χ3v) is 8.87. The van der Waals surface area contributed by atoms with E-state index in [0.29, 0.717) is 5.56 Å². The first kappa shape index (κ1) is 25.1. The van der Waals surface area contributed by atoms with Crippen molar-refractivity contribution < 1.29 is 0 Å². The Morgan fingerprint density at radius 2 is 1.26 bits per heavy atom. The average Bonchev–Trinajstić information content (AvgIpc) is 3.39. The lowest BCUT2D eigenvalue weighted by Gasteiger charge is -2.42. The summed E-state index contributed by atoms with van der Waals surface area (Å²) in [4.78, 5) is 6.78. The molecule has 0 amide bonds. The SMILES string of the molecule is CC1(C)c2ccccc2N(c2cccc(-c3cccc(-n4c5ccncc5c5cc(C#N)ccc54)c3)c2)c2ccccc21. The summed E-state index contributed by atoms with van der Waals surface area (Å²) in [5.41, 5.74) is 12.2. The van der Waals surface area contributed by atoms with E-state index < -0.39 is 0 Å². The number of rotatable bonds is 3. The number of hydrogen-bond donors (Lipinski definition) is 0. The standard InChI is InChI=1S/C39H28N4/c1-39(2)33-13-3-5-15-37(33)43(38-16-6-4-14-34(38)39)30-12-8-10-28(23-30)27-9-7-11-29(22-27)42-35-18-17-26(24-40)21-31(35)32-25-41-20-19-36(32)42/h3-23,25H,1-2H3. The molecule has 0 saturated heterocycles. The summed E-state index contributed by atoms with van der Waals surface area (Å²) in [7, 11) is 0. The van der Waals surface area contributed by atoms with Crippen LogP contribution in [0.4, 0.5) is 17.1 Å². The maximum absolute atomic E-state index is 9.53. The minimum atomic E-state index is -0.0958. The highest BCUT2D eigenvalue weighted by atomic mass is 15.2. The van der Waals surface area contributed by atoms with E-state index in [4.69, 9.17) is 0 Å². The van der Waals surface area contributed by atoms with Gasteiger partial charge in [0.25, 0.3) is 0 Å². The Balaban J connectivity index is 1.28. The van der Waals surface area contributed by atoms with Crippen LogP contribution in [0.25, 0.3) is 38.6 Å². The molecule has 4 heteroatoms. The van der Waals surface area contributed by atoms with Crippen molar-refractivity contribution in [3.8, 4) is 22.9 Å². The monoisotopic (exact) mass is 552 g/mol. The molecule has 4 nitrogen and oxygen atoms in total.